The summed E-state index contributed by atoms with van der Waals surface area (Å²) in [6.45, 7) is 4.73. The summed E-state index contributed by atoms with van der Waals surface area (Å²) in [5.41, 5.74) is 6.75. The van der Waals surface area contributed by atoms with Crippen molar-refractivity contribution in [3.8, 4) is 11.4 Å². The molecule has 0 spiro atoms. The van der Waals surface area contributed by atoms with E-state index >= 15 is 0 Å². The van der Waals surface area contributed by atoms with Crippen molar-refractivity contribution in [3.05, 3.63) is 30.1 Å². The summed E-state index contributed by atoms with van der Waals surface area (Å²) in [7, 11) is 0. The number of aromatic amines is 1. The Bertz CT molecular complexity index is 616. The van der Waals surface area contributed by atoms with Gasteiger partial charge in [0.2, 0.25) is 5.95 Å². The Hall–Kier alpha value is -1.95. The Morgan fingerprint density at radius 2 is 2.14 bits per heavy atom. The molecule has 6 heteroatoms. The minimum Gasteiger partial charge on any atom is -0.339 e. The van der Waals surface area contributed by atoms with Crippen molar-refractivity contribution in [1.82, 2.24) is 15.2 Å². The van der Waals surface area contributed by atoms with Gasteiger partial charge in [-0.1, -0.05) is 19.1 Å². The topological polar surface area (TPSA) is 70.8 Å². The molecule has 1 fully saturated rings. The van der Waals surface area contributed by atoms with E-state index in [0.29, 0.717) is 23.9 Å². The van der Waals surface area contributed by atoms with Crippen LogP contribution in [0.15, 0.2) is 24.3 Å². The van der Waals surface area contributed by atoms with Crippen LogP contribution >= 0.6 is 0 Å². The fraction of sp³-hybridized carbons (Fsp3) is 0.467. The number of piperidine rings is 1. The van der Waals surface area contributed by atoms with E-state index in [9.17, 15) is 4.39 Å². The van der Waals surface area contributed by atoms with E-state index in [4.69, 9.17) is 5.73 Å². The predicted molar refractivity (Wildman–Crippen MR) is 80.4 cm³/mol. The summed E-state index contributed by atoms with van der Waals surface area (Å²) in [4.78, 5) is 6.63. The molecule has 1 aliphatic rings. The van der Waals surface area contributed by atoms with Crippen LogP contribution in [0.5, 0.6) is 0 Å². The Kier molecular flexibility index (Phi) is 3.63. The number of hydrogen-bond donors (Lipinski definition) is 2. The number of H-pyrrole nitrogens is 1. The van der Waals surface area contributed by atoms with E-state index < -0.39 is 0 Å². The van der Waals surface area contributed by atoms with Gasteiger partial charge in [-0.15, -0.1) is 5.10 Å². The van der Waals surface area contributed by atoms with Crippen LogP contribution in [0.2, 0.25) is 0 Å². The molecular weight excluding hydrogens is 269 g/mol. The third-order valence-electron chi connectivity index (χ3n) is 4.32. The van der Waals surface area contributed by atoms with E-state index in [2.05, 4.69) is 27.0 Å². The highest BCUT2D eigenvalue weighted by Gasteiger charge is 2.30. The van der Waals surface area contributed by atoms with Gasteiger partial charge in [0.15, 0.2) is 5.82 Å². The lowest BCUT2D eigenvalue weighted by atomic mass is 9.81. The predicted octanol–water partition coefficient (Wildman–Crippen LogP) is 2.18. The normalized spacial score (nSPS) is 18.0. The van der Waals surface area contributed by atoms with Crippen molar-refractivity contribution >= 4 is 5.95 Å². The van der Waals surface area contributed by atoms with Crippen LogP contribution in [0, 0.1) is 11.2 Å². The Morgan fingerprint density at radius 1 is 1.38 bits per heavy atom. The summed E-state index contributed by atoms with van der Waals surface area (Å²) in [6, 6.07) is 6.35. The maximum absolute atomic E-state index is 13.3. The molecule has 3 rings (SSSR count). The zero-order valence-electron chi connectivity index (χ0n) is 12.1. The summed E-state index contributed by atoms with van der Waals surface area (Å²) >= 11 is 0. The number of benzene rings is 1. The molecule has 5 nitrogen and oxygen atoms in total. The van der Waals surface area contributed by atoms with E-state index in [1.54, 1.807) is 6.07 Å². The zero-order chi connectivity index (χ0) is 14.9. The monoisotopic (exact) mass is 289 g/mol. The summed E-state index contributed by atoms with van der Waals surface area (Å²) in [5.74, 6) is 0.993. The van der Waals surface area contributed by atoms with Crippen LogP contribution in [0.4, 0.5) is 10.3 Å². The smallest absolute Gasteiger partial charge is 0.245 e. The number of nitrogens with two attached hydrogens (primary N) is 1. The van der Waals surface area contributed by atoms with Gasteiger partial charge in [-0.25, -0.2) is 4.39 Å². The van der Waals surface area contributed by atoms with E-state index in [1.165, 1.54) is 12.1 Å². The molecule has 2 aromatic rings. The molecule has 0 radical (unpaired) electrons. The average Bonchev–Trinajstić information content (AvgIpc) is 2.98. The first-order valence-corrected chi connectivity index (χ1v) is 7.23. The molecule has 3 N–H and O–H groups in total. The number of aromatic nitrogens is 3. The van der Waals surface area contributed by atoms with Gasteiger partial charge in [0, 0.05) is 18.7 Å². The molecule has 0 saturated carbocycles. The molecule has 0 unspecified atom stereocenters. The highest BCUT2D eigenvalue weighted by molar-refractivity contribution is 5.56. The standard InChI is InChI=1S/C15H20FN5/c1-15(10-17)5-7-21(8-6-15)14-18-13(19-20-14)11-3-2-4-12(16)9-11/h2-4,9H,5-8,10,17H2,1H3,(H,18,19,20). The molecule has 0 bridgehead atoms. The fourth-order valence-corrected chi connectivity index (χ4v) is 2.61. The van der Waals surface area contributed by atoms with Crippen LogP contribution in [0.1, 0.15) is 19.8 Å². The van der Waals surface area contributed by atoms with Gasteiger partial charge in [-0.2, -0.15) is 4.98 Å². The maximum Gasteiger partial charge on any atom is 0.245 e. The Balaban J connectivity index is 1.74. The van der Waals surface area contributed by atoms with Crippen molar-refractivity contribution in [2.75, 3.05) is 24.5 Å². The third kappa shape index (κ3) is 2.90. The number of hydrogen-bond acceptors (Lipinski definition) is 4. The molecule has 1 aromatic carbocycles. The number of halogens is 1. The van der Waals surface area contributed by atoms with Gasteiger partial charge >= 0.3 is 0 Å². The minimum absolute atomic E-state index is 0.220. The zero-order valence-corrected chi connectivity index (χ0v) is 12.1. The Labute approximate surface area is 123 Å². The van der Waals surface area contributed by atoms with E-state index in [-0.39, 0.29) is 11.2 Å². The Morgan fingerprint density at radius 3 is 2.81 bits per heavy atom. The van der Waals surface area contributed by atoms with E-state index in [1.807, 2.05) is 6.07 Å². The summed E-state index contributed by atoms with van der Waals surface area (Å²) in [5, 5.41) is 7.14. The maximum atomic E-state index is 13.3. The first-order chi connectivity index (χ1) is 10.1. The van der Waals surface area contributed by atoms with Gasteiger partial charge in [0.1, 0.15) is 5.82 Å². The van der Waals surface area contributed by atoms with Gasteiger partial charge in [-0.05, 0) is 36.9 Å². The molecule has 0 atom stereocenters. The second kappa shape index (κ2) is 5.44. The van der Waals surface area contributed by atoms with Gasteiger partial charge < -0.3 is 10.6 Å². The van der Waals surface area contributed by atoms with Gasteiger partial charge in [0.25, 0.3) is 0 Å². The molecule has 1 saturated heterocycles. The SMILES string of the molecule is CC1(CN)CCN(c2n[nH]c(-c3cccc(F)c3)n2)CC1. The first kappa shape index (κ1) is 14.0. The van der Waals surface area contributed by atoms with E-state index in [0.717, 1.165) is 25.9 Å². The third-order valence-corrected chi connectivity index (χ3v) is 4.32. The van der Waals surface area contributed by atoms with Crippen molar-refractivity contribution < 1.29 is 4.39 Å². The summed E-state index contributed by atoms with van der Waals surface area (Å²) in [6.07, 6.45) is 2.07. The fourth-order valence-electron chi connectivity index (χ4n) is 2.61. The first-order valence-electron chi connectivity index (χ1n) is 7.23. The molecule has 1 aromatic heterocycles. The molecule has 21 heavy (non-hydrogen) atoms. The quantitative estimate of drug-likeness (QED) is 0.908. The second-order valence-corrected chi connectivity index (χ2v) is 6.00. The molecule has 112 valence electrons. The van der Waals surface area contributed by atoms with Crippen LogP contribution in [-0.4, -0.2) is 34.8 Å². The van der Waals surface area contributed by atoms with Crippen LogP contribution in [0.25, 0.3) is 11.4 Å². The second-order valence-electron chi connectivity index (χ2n) is 6.00. The van der Waals surface area contributed by atoms with Crippen LogP contribution in [-0.2, 0) is 0 Å². The molecule has 1 aliphatic heterocycles. The molecule has 0 aliphatic carbocycles. The number of nitrogens with one attached hydrogen (secondary N) is 1. The minimum atomic E-state index is -0.276. The van der Waals surface area contributed by atoms with Crippen molar-refractivity contribution in [1.29, 1.82) is 0 Å². The lowest BCUT2D eigenvalue weighted by Crippen LogP contribution is -2.42. The number of nitrogens with zero attached hydrogens (tertiary/aromatic N) is 3. The number of anilines is 1. The highest BCUT2D eigenvalue weighted by Crippen LogP contribution is 2.31. The van der Waals surface area contributed by atoms with Crippen LogP contribution < -0.4 is 10.6 Å². The number of rotatable bonds is 3. The molecular formula is C15H20FN5. The van der Waals surface area contributed by atoms with Gasteiger partial charge in [-0.3, -0.25) is 5.10 Å². The molecule has 0 amide bonds. The lowest BCUT2D eigenvalue weighted by Gasteiger charge is -2.38. The average molecular weight is 289 g/mol. The van der Waals surface area contributed by atoms with Crippen molar-refractivity contribution in [2.45, 2.75) is 19.8 Å². The van der Waals surface area contributed by atoms with Gasteiger partial charge in [0.05, 0.1) is 0 Å². The highest BCUT2D eigenvalue weighted by atomic mass is 19.1. The lowest BCUT2D eigenvalue weighted by molar-refractivity contribution is 0.257. The summed E-state index contributed by atoms with van der Waals surface area (Å²) < 4.78 is 13.3. The largest absolute Gasteiger partial charge is 0.339 e. The van der Waals surface area contributed by atoms with Crippen molar-refractivity contribution in [3.63, 3.8) is 0 Å². The van der Waals surface area contributed by atoms with Crippen LogP contribution in [0.3, 0.4) is 0 Å². The van der Waals surface area contributed by atoms with Crippen molar-refractivity contribution in [2.24, 2.45) is 11.1 Å². The molecule has 2 heterocycles.